The van der Waals surface area contributed by atoms with E-state index >= 15 is 0 Å². The average molecular weight is 420 g/mol. The number of piperidine rings is 1. The topological polar surface area (TPSA) is 66.8 Å². The van der Waals surface area contributed by atoms with Crippen molar-refractivity contribution in [3.05, 3.63) is 24.2 Å². The monoisotopic (exact) mass is 420 g/mol. The van der Waals surface area contributed by atoms with Crippen LogP contribution in [-0.2, 0) is 0 Å². The SMILES string of the molecule is CCC(C)NC(N)=NCC(c1ccco1)N1CCCCC1.I. The highest BCUT2D eigenvalue weighted by Gasteiger charge is 2.24. The van der Waals surface area contributed by atoms with E-state index in [9.17, 15) is 0 Å². The molecule has 6 heteroatoms. The lowest BCUT2D eigenvalue weighted by Gasteiger charge is -2.32. The van der Waals surface area contributed by atoms with Crippen LogP contribution in [-0.4, -0.2) is 36.5 Å². The average Bonchev–Trinajstić information content (AvgIpc) is 3.02. The van der Waals surface area contributed by atoms with Crippen molar-refractivity contribution in [2.45, 2.75) is 51.6 Å². The number of halogens is 1. The van der Waals surface area contributed by atoms with Gasteiger partial charge in [-0.25, -0.2) is 0 Å². The normalized spacial score (nSPS) is 19.3. The minimum Gasteiger partial charge on any atom is -0.468 e. The van der Waals surface area contributed by atoms with Crippen molar-refractivity contribution in [1.82, 2.24) is 10.2 Å². The van der Waals surface area contributed by atoms with Crippen LogP contribution in [0, 0.1) is 0 Å². The molecule has 126 valence electrons. The maximum Gasteiger partial charge on any atom is 0.188 e. The first-order chi connectivity index (χ1) is 10.2. The maximum absolute atomic E-state index is 5.97. The first-order valence-electron chi connectivity index (χ1n) is 8.04. The molecule has 1 fully saturated rings. The summed E-state index contributed by atoms with van der Waals surface area (Å²) in [6.45, 7) is 7.10. The highest BCUT2D eigenvalue weighted by molar-refractivity contribution is 14.0. The lowest BCUT2D eigenvalue weighted by molar-refractivity contribution is 0.150. The van der Waals surface area contributed by atoms with Gasteiger partial charge < -0.3 is 15.5 Å². The lowest BCUT2D eigenvalue weighted by atomic mass is 10.1. The Morgan fingerprint density at radius 1 is 1.41 bits per heavy atom. The zero-order valence-corrected chi connectivity index (χ0v) is 16.0. The van der Waals surface area contributed by atoms with Crippen LogP contribution in [0.5, 0.6) is 0 Å². The van der Waals surface area contributed by atoms with Crippen molar-refractivity contribution in [3.8, 4) is 0 Å². The molecule has 0 spiro atoms. The van der Waals surface area contributed by atoms with Gasteiger partial charge in [0.2, 0.25) is 0 Å². The highest BCUT2D eigenvalue weighted by Crippen LogP contribution is 2.25. The van der Waals surface area contributed by atoms with Crippen LogP contribution >= 0.6 is 24.0 Å². The molecule has 2 heterocycles. The van der Waals surface area contributed by atoms with E-state index in [1.54, 1.807) is 6.26 Å². The summed E-state index contributed by atoms with van der Waals surface area (Å²) in [5.41, 5.74) is 5.97. The minimum absolute atomic E-state index is 0. The van der Waals surface area contributed by atoms with Gasteiger partial charge in [-0.05, 0) is 51.4 Å². The quantitative estimate of drug-likeness (QED) is 0.422. The molecule has 2 rings (SSSR count). The number of likely N-dealkylation sites (tertiary alicyclic amines) is 1. The summed E-state index contributed by atoms with van der Waals surface area (Å²) in [5, 5.41) is 3.21. The van der Waals surface area contributed by atoms with Gasteiger partial charge >= 0.3 is 0 Å². The van der Waals surface area contributed by atoms with Gasteiger partial charge in [0.1, 0.15) is 5.76 Å². The predicted octanol–water partition coefficient (Wildman–Crippen LogP) is 3.13. The molecule has 0 bridgehead atoms. The molecule has 2 atom stereocenters. The number of aliphatic imine (C=N–C) groups is 1. The molecule has 0 saturated carbocycles. The number of nitrogens with one attached hydrogen (secondary N) is 1. The van der Waals surface area contributed by atoms with Gasteiger partial charge in [-0.1, -0.05) is 13.3 Å². The molecular formula is C16H29IN4O. The summed E-state index contributed by atoms with van der Waals surface area (Å²) in [4.78, 5) is 6.99. The van der Waals surface area contributed by atoms with Gasteiger partial charge in [0, 0.05) is 6.04 Å². The molecule has 2 unspecified atom stereocenters. The second kappa shape index (κ2) is 10.1. The molecule has 1 saturated heterocycles. The molecule has 1 aliphatic rings. The Balaban J connectivity index is 0.00000242. The van der Waals surface area contributed by atoms with Crippen LogP contribution in [0.3, 0.4) is 0 Å². The molecule has 5 nitrogen and oxygen atoms in total. The molecule has 0 amide bonds. The van der Waals surface area contributed by atoms with Gasteiger partial charge in [0.25, 0.3) is 0 Å². The van der Waals surface area contributed by atoms with Gasteiger partial charge in [-0.3, -0.25) is 9.89 Å². The summed E-state index contributed by atoms with van der Waals surface area (Å²) in [6, 6.07) is 4.52. The predicted molar refractivity (Wildman–Crippen MR) is 102 cm³/mol. The zero-order valence-electron chi connectivity index (χ0n) is 13.6. The number of hydrogen-bond acceptors (Lipinski definition) is 3. The molecule has 1 aromatic rings. The Bertz CT molecular complexity index is 429. The highest BCUT2D eigenvalue weighted by atomic mass is 127. The number of hydrogen-bond donors (Lipinski definition) is 2. The molecular weight excluding hydrogens is 391 g/mol. The number of nitrogens with zero attached hydrogens (tertiary/aromatic N) is 2. The van der Waals surface area contributed by atoms with Gasteiger partial charge in [-0.15, -0.1) is 24.0 Å². The van der Waals surface area contributed by atoms with Gasteiger partial charge in [0.15, 0.2) is 5.96 Å². The molecule has 0 aliphatic carbocycles. The Kier molecular flexibility index (Phi) is 8.85. The summed E-state index contributed by atoms with van der Waals surface area (Å²) < 4.78 is 5.61. The Hall–Kier alpha value is -0.760. The van der Waals surface area contributed by atoms with Gasteiger partial charge in [0.05, 0.1) is 18.8 Å². The fraction of sp³-hybridized carbons (Fsp3) is 0.688. The first-order valence-corrected chi connectivity index (χ1v) is 8.04. The fourth-order valence-corrected chi connectivity index (χ4v) is 2.68. The largest absolute Gasteiger partial charge is 0.468 e. The van der Waals surface area contributed by atoms with Crippen molar-refractivity contribution in [2.24, 2.45) is 10.7 Å². The minimum atomic E-state index is 0. The summed E-state index contributed by atoms with van der Waals surface area (Å²) in [6.07, 6.45) is 6.59. The van der Waals surface area contributed by atoms with Gasteiger partial charge in [-0.2, -0.15) is 0 Å². The van der Waals surface area contributed by atoms with E-state index in [-0.39, 0.29) is 30.0 Å². The van der Waals surface area contributed by atoms with Crippen molar-refractivity contribution in [3.63, 3.8) is 0 Å². The standard InChI is InChI=1S/C16H28N4O.HI/c1-3-13(2)19-16(17)18-12-14(15-8-7-11-21-15)20-9-5-4-6-10-20;/h7-8,11,13-14H,3-6,9-10,12H2,1-2H3,(H3,17,18,19);1H. The van der Waals surface area contributed by atoms with E-state index in [4.69, 9.17) is 10.2 Å². The van der Waals surface area contributed by atoms with Crippen LogP contribution in [0.25, 0.3) is 0 Å². The van der Waals surface area contributed by atoms with E-state index in [1.807, 2.05) is 12.1 Å². The zero-order chi connectivity index (χ0) is 15.1. The van der Waals surface area contributed by atoms with E-state index < -0.39 is 0 Å². The van der Waals surface area contributed by atoms with E-state index in [1.165, 1.54) is 19.3 Å². The first kappa shape index (κ1) is 19.3. The lowest BCUT2D eigenvalue weighted by Crippen LogP contribution is -2.39. The van der Waals surface area contributed by atoms with Crippen LogP contribution < -0.4 is 11.1 Å². The smallest absolute Gasteiger partial charge is 0.188 e. The number of nitrogens with two attached hydrogens (primary N) is 1. The number of rotatable bonds is 6. The molecule has 1 aromatic heterocycles. The number of furan rings is 1. The molecule has 22 heavy (non-hydrogen) atoms. The second-order valence-corrected chi connectivity index (χ2v) is 5.81. The Morgan fingerprint density at radius 2 is 2.14 bits per heavy atom. The molecule has 0 radical (unpaired) electrons. The van der Waals surface area contributed by atoms with Crippen molar-refractivity contribution in [1.29, 1.82) is 0 Å². The van der Waals surface area contributed by atoms with Crippen molar-refractivity contribution in [2.75, 3.05) is 19.6 Å². The Morgan fingerprint density at radius 3 is 2.73 bits per heavy atom. The fourth-order valence-electron chi connectivity index (χ4n) is 2.68. The van der Waals surface area contributed by atoms with E-state index in [2.05, 4.69) is 29.1 Å². The summed E-state index contributed by atoms with van der Waals surface area (Å²) in [7, 11) is 0. The third kappa shape index (κ3) is 5.79. The van der Waals surface area contributed by atoms with E-state index in [0.29, 0.717) is 18.5 Å². The van der Waals surface area contributed by atoms with Crippen LogP contribution in [0.2, 0.25) is 0 Å². The van der Waals surface area contributed by atoms with Crippen LogP contribution in [0.4, 0.5) is 0 Å². The summed E-state index contributed by atoms with van der Waals surface area (Å²) in [5.74, 6) is 1.51. The van der Waals surface area contributed by atoms with Crippen LogP contribution in [0.1, 0.15) is 51.3 Å². The molecule has 3 N–H and O–H groups in total. The summed E-state index contributed by atoms with van der Waals surface area (Å²) >= 11 is 0. The molecule has 1 aliphatic heterocycles. The van der Waals surface area contributed by atoms with Crippen LogP contribution in [0.15, 0.2) is 27.8 Å². The van der Waals surface area contributed by atoms with Crippen molar-refractivity contribution < 1.29 is 4.42 Å². The number of guanidine groups is 1. The Labute approximate surface area is 150 Å². The maximum atomic E-state index is 5.97. The molecule has 0 aromatic carbocycles. The second-order valence-electron chi connectivity index (χ2n) is 5.81. The third-order valence-corrected chi connectivity index (χ3v) is 4.14. The third-order valence-electron chi connectivity index (χ3n) is 4.14. The van der Waals surface area contributed by atoms with E-state index in [0.717, 1.165) is 25.3 Å². The van der Waals surface area contributed by atoms with Crippen molar-refractivity contribution >= 4 is 29.9 Å².